The first kappa shape index (κ1) is 11.5. The van der Waals surface area contributed by atoms with E-state index in [0.717, 1.165) is 16.3 Å². The molecule has 100 valence electrons. The van der Waals surface area contributed by atoms with Gasteiger partial charge >= 0.3 is 11.9 Å². The summed E-state index contributed by atoms with van der Waals surface area (Å²) in [5, 5.41) is 2.08. The third-order valence-corrected chi connectivity index (χ3v) is 4.15. The van der Waals surface area contributed by atoms with Crippen molar-refractivity contribution < 1.29 is 19.1 Å². The minimum Gasteiger partial charge on any atom is -0.461 e. The van der Waals surface area contributed by atoms with Gasteiger partial charge in [-0.15, -0.1) is 0 Å². The predicted molar refractivity (Wildman–Crippen MR) is 71.4 cm³/mol. The summed E-state index contributed by atoms with van der Waals surface area (Å²) in [6.45, 7) is 1.83. The summed E-state index contributed by atoms with van der Waals surface area (Å²) in [5.74, 6) is -1.54. The van der Waals surface area contributed by atoms with Crippen molar-refractivity contribution in [1.82, 2.24) is 0 Å². The van der Waals surface area contributed by atoms with Crippen LogP contribution >= 0.6 is 0 Å². The molecule has 0 aromatic heterocycles. The lowest BCUT2D eigenvalue weighted by Gasteiger charge is -2.27. The molecule has 1 fully saturated rings. The highest BCUT2D eigenvalue weighted by Gasteiger charge is 2.52. The number of fused-ring (bicyclic) bond motifs is 5. The maximum Gasteiger partial charge on any atom is 0.326 e. The number of carbonyl (C=O) groups is 2. The SMILES string of the molecule is C[C@@H]1OC(=O)[C@@H]2C(=O)Oc3ccc4ccccc4c3[C@@H]21. The first-order valence-corrected chi connectivity index (χ1v) is 6.60. The van der Waals surface area contributed by atoms with Gasteiger partial charge in [-0.1, -0.05) is 30.3 Å². The van der Waals surface area contributed by atoms with Crippen molar-refractivity contribution in [1.29, 1.82) is 0 Å². The molecule has 4 rings (SSSR count). The normalized spacial score (nSPS) is 27.8. The van der Waals surface area contributed by atoms with E-state index in [0.29, 0.717) is 5.75 Å². The monoisotopic (exact) mass is 268 g/mol. The Morgan fingerprint density at radius 1 is 1.00 bits per heavy atom. The van der Waals surface area contributed by atoms with E-state index in [1.807, 2.05) is 37.3 Å². The Balaban J connectivity index is 2.04. The predicted octanol–water partition coefficient (Wildman–Crippen LogP) is 2.40. The number of cyclic esters (lactones) is 1. The zero-order chi connectivity index (χ0) is 13.9. The van der Waals surface area contributed by atoms with Gasteiger partial charge in [-0.25, -0.2) is 0 Å². The number of rotatable bonds is 0. The van der Waals surface area contributed by atoms with E-state index < -0.39 is 17.9 Å². The molecule has 2 aliphatic heterocycles. The van der Waals surface area contributed by atoms with Crippen LogP contribution in [0.1, 0.15) is 18.4 Å². The Bertz CT molecular complexity index is 749. The maximum absolute atomic E-state index is 12.0. The molecular formula is C16H12O4. The fourth-order valence-corrected chi connectivity index (χ4v) is 3.27. The quantitative estimate of drug-likeness (QED) is 0.418. The molecule has 0 radical (unpaired) electrons. The second-order valence-electron chi connectivity index (χ2n) is 5.27. The van der Waals surface area contributed by atoms with Gasteiger partial charge in [-0.3, -0.25) is 9.59 Å². The van der Waals surface area contributed by atoms with Gasteiger partial charge in [0, 0.05) is 11.5 Å². The van der Waals surface area contributed by atoms with Gasteiger partial charge in [0.25, 0.3) is 0 Å². The molecule has 1 saturated heterocycles. The molecule has 2 aliphatic rings. The van der Waals surface area contributed by atoms with E-state index in [9.17, 15) is 9.59 Å². The molecule has 4 nitrogen and oxygen atoms in total. The van der Waals surface area contributed by atoms with Crippen LogP contribution in [0, 0.1) is 5.92 Å². The highest BCUT2D eigenvalue weighted by Crippen LogP contribution is 2.48. The van der Waals surface area contributed by atoms with Gasteiger partial charge in [0.2, 0.25) is 0 Å². The van der Waals surface area contributed by atoms with E-state index >= 15 is 0 Å². The van der Waals surface area contributed by atoms with Crippen molar-refractivity contribution in [2.45, 2.75) is 18.9 Å². The van der Waals surface area contributed by atoms with Crippen LogP contribution in [0.3, 0.4) is 0 Å². The smallest absolute Gasteiger partial charge is 0.326 e. The zero-order valence-electron chi connectivity index (χ0n) is 10.8. The Hall–Kier alpha value is -2.36. The molecule has 0 saturated carbocycles. The van der Waals surface area contributed by atoms with Crippen molar-refractivity contribution in [3.05, 3.63) is 42.0 Å². The van der Waals surface area contributed by atoms with Crippen LogP contribution in [0.4, 0.5) is 0 Å². The molecule has 2 aromatic rings. The molecule has 2 heterocycles. The van der Waals surface area contributed by atoms with E-state index in [2.05, 4.69) is 0 Å². The van der Waals surface area contributed by atoms with E-state index in [1.54, 1.807) is 6.07 Å². The highest BCUT2D eigenvalue weighted by molar-refractivity contribution is 6.02. The molecule has 0 amide bonds. The summed E-state index contributed by atoms with van der Waals surface area (Å²) in [6, 6.07) is 11.6. The number of hydrogen-bond acceptors (Lipinski definition) is 4. The average Bonchev–Trinajstić information content (AvgIpc) is 2.74. The number of esters is 2. The number of benzene rings is 2. The molecule has 0 unspecified atom stereocenters. The second-order valence-corrected chi connectivity index (χ2v) is 5.27. The Labute approximate surface area is 115 Å². The van der Waals surface area contributed by atoms with Crippen molar-refractivity contribution in [3.63, 3.8) is 0 Å². The zero-order valence-corrected chi connectivity index (χ0v) is 10.8. The summed E-state index contributed by atoms with van der Waals surface area (Å²) < 4.78 is 10.6. The van der Waals surface area contributed by atoms with Gasteiger partial charge in [-0.2, -0.15) is 0 Å². The van der Waals surface area contributed by atoms with Crippen LogP contribution in [0.5, 0.6) is 5.75 Å². The van der Waals surface area contributed by atoms with Crippen molar-refractivity contribution in [2.24, 2.45) is 5.92 Å². The van der Waals surface area contributed by atoms with Crippen molar-refractivity contribution >= 4 is 22.7 Å². The van der Waals surface area contributed by atoms with Crippen molar-refractivity contribution in [2.75, 3.05) is 0 Å². The van der Waals surface area contributed by atoms with Crippen LogP contribution in [0.15, 0.2) is 36.4 Å². The van der Waals surface area contributed by atoms with Crippen LogP contribution < -0.4 is 4.74 Å². The third kappa shape index (κ3) is 1.36. The largest absolute Gasteiger partial charge is 0.461 e. The Kier molecular flexibility index (Phi) is 2.19. The maximum atomic E-state index is 12.0. The topological polar surface area (TPSA) is 52.6 Å². The van der Waals surface area contributed by atoms with E-state index in [-0.39, 0.29) is 12.0 Å². The van der Waals surface area contributed by atoms with Crippen LogP contribution in [-0.2, 0) is 14.3 Å². The highest BCUT2D eigenvalue weighted by atomic mass is 16.6. The standard InChI is InChI=1S/C16H12O4/c1-8-12-13-10-5-3-2-4-9(10)6-7-11(13)20-16(18)14(12)15(17)19-8/h2-8,12,14H,1H3/t8-,12-,14+/m0/s1. The molecule has 0 aliphatic carbocycles. The number of ether oxygens (including phenoxy) is 2. The summed E-state index contributed by atoms with van der Waals surface area (Å²) in [6.07, 6.45) is -0.315. The van der Waals surface area contributed by atoms with Gasteiger partial charge in [-0.05, 0) is 23.8 Å². The molecule has 0 bridgehead atoms. The molecule has 20 heavy (non-hydrogen) atoms. The van der Waals surface area contributed by atoms with Gasteiger partial charge in [0.1, 0.15) is 11.9 Å². The lowest BCUT2D eigenvalue weighted by atomic mass is 9.80. The van der Waals surface area contributed by atoms with Gasteiger partial charge in [0.15, 0.2) is 5.92 Å². The average molecular weight is 268 g/mol. The summed E-state index contributed by atoms with van der Waals surface area (Å²) in [7, 11) is 0. The Morgan fingerprint density at radius 3 is 2.65 bits per heavy atom. The fraction of sp³-hybridized carbons (Fsp3) is 0.250. The lowest BCUT2D eigenvalue weighted by Crippen LogP contribution is -2.34. The van der Waals surface area contributed by atoms with E-state index in [1.165, 1.54) is 0 Å². The van der Waals surface area contributed by atoms with Gasteiger partial charge < -0.3 is 9.47 Å². The van der Waals surface area contributed by atoms with E-state index in [4.69, 9.17) is 9.47 Å². The number of hydrogen-bond donors (Lipinski definition) is 0. The van der Waals surface area contributed by atoms with Gasteiger partial charge in [0.05, 0.1) is 0 Å². The van der Waals surface area contributed by atoms with Crippen molar-refractivity contribution in [3.8, 4) is 5.75 Å². The Morgan fingerprint density at radius 2 is 1.80 bits per heavy atom. The van der Waals surface area contributed by atoms with Crippen LogP contribution in [-0.4, -0.2) is 18.0 Å². The summed E-state index contributed by atoms with van der Waals surface area (Å²) >= 11 is 0. The molecule has 2 aromatic carbocycles. The molecule has 0 N–H and O–H groups in total. The molecular weight excluding hydrogens is 256 g/mol. The summed E-state index contributed by atoms with van der Waals surface area (Å²) in [4.78, 5) is 23.9. The second kappa shape index (κ2) is 3.82. The lowest BCUT2D eigenvalue weighted by molar-refractivity contribution is -0.151. The first-order valence-electron chi connectivity index (χ1n) is 6.60. The fourth-order valence-electron chi connectivity index (χ4n) is 3.27. The van der Waals surface area contributed by atoms with Crippen LogP contribution in [0.2, 0.25) is 0 Å². The minimum absolute atomic E-state index is 0.259. The molecule has 0 spiro atoms. The first-order chi connectivity index (χ1) is 9.66. The van der Waals surface area contributed by atoms with Crippen LogP contribution in [0.25, 0.3) is 10.8 Å². The molecule has 3 atom stereocenters. The summed E-state index contributed by atoms with van der Waals surface area (Å²) in [5.41, 5.74) is 0.908. The molecule has 4 heteroatoms. The third-order valence-electron chi connectivity index (χ3n) is 4.15. The minimum atomic E-state index is -0.830. The number of carbonyl (C=O) groups excluding carboxylic acids is 2.